The van der Waals surface area contributed by atoms with E-state index in [2.05, 4.69) is 27.7 Å². The van der Waals surface area contributed by atoms with Gasteiger partial charge in [0.15, 0.2) is 12.2 Å². The molecule has 0 aliphatic rings. The predicted octanol–water partition coefficient (Wildman–Crippen LogP) is 17.2. The van der Waals surface area contributed by atoms with Crippen molar-refractivity contribution in [3.63, 3.8) is 0 Å². The maximum atomic E-state index is 12.9. The minimum atomic E-state index is -4.94. The third kappa shape index (κ3) is 56.9. The molecular formula is C62H120O17P2. The zero-order valence-corrected chi connectivity index (χ0v) is 53.5. The van der Waals surface area contributed by atoms with E-state index in [4.69, 9.17) is 37.0 Å². The van der Waals surface area contributed by atoms with Gasteiger partial charge in [-0.1, -0.05) is 265 Å². The van der Waals surface area contributed by atoms with Gasteiger partial charge in [-0.25, -0.2) is 9.13 Å². The van der Waals surface area contributed by atoms with Crippen LogP contribution in [0.15, 0.2) is 0 Å². The van der Waals surface area contributed by atoms with E-state index in [0.717, 1.165) is 109 Å². The number of aliphatic hydroxyl groups excluding tert-OH is 1. The highest BCUT2D eigenvalue weighted by atomic mass is 31.2. The number of carbonyl (C=O) groups excluding carboxylic acids is 4. The molecule has 0 saturated heterocycles. The first-order valence-corrected chi connectivity index (χ1v) is 35.8. The summed E-state index contributed by atoms with van der Waals surface area (Å²) in [6.45, 7) is 4.73. The Balaban J connectivity index is 5.03. The minimum Gasteiger partial charge on any atom is -0.462 e. The first kappa shape index (κ1) is 79.1. The first-order chi connectivity index (χ1) is 39.2. The highest BCUT2D eigenvalue weighted by molar-refractivity contribution is 7.47. The maximum Gasteiger partial charge on any atom is 0.472 e. The Labute approximate surface area is 492 Å². The van der Waals surface area contributed by atoms with Crippen molar-refractivity contribution in [2.24, 2.45) is 0 Å². The van der Waals surface area contributed by atoms with E-state index in [9.17, 15) is 43.2 Å². The van der Waals surface area contributed by atoms with E-state index in [0.29, 0.717) is 25.7 Å². The van der Waals surface area contributed by atoms with Crippen LogP contribution in [0.3, 0.4) is 0 Å². The van der Waals surface area contributed by atoms with E-state index in [1.54, 1.807) is 0 Å². The zero-order valence-electron chi connectivity index (χ0n) is 51.7. The summed E-state index contributed by atoms with van der Waals surface area (Å²) in [7, 11) is -9.86. The van der Waals surface area contributed by atoms with Crippen molar-refractivity contribution < 1.29 is 80.2 Å². The van der Waals surface area contributed by atoms with Gasteiger partial charge in [-0.2, -0.15) is 0 Å². The summed E-state index contributed by atoms with van der Waals surface area (Å²) in [5.74, 6) is -2.15. The van der Waals surface area contributed by atoms with Gasteiger partial charge in [0.25, 0.3) is 0 Å². The molecule has 0 saturated carbocycles. The van der Waals surface area contributed by atoms with Gasteiger partial charge in [0.05, 0.1) is 26.4 Å². The molecule has 3 N–H and O–H groups in total. The normalized spacial score (nSPS) is 14.2. The molecule has 480 valence electrons. The maximum absolute atomic E-state index is 12.9. The summed E-state index contributed by atoms with van der Waals surface area (Å²) >= 11 is 0. The van der Waals surface area contributed by atoms with Crippen LogP contribution < -0.4 is 0 Å². The van der Waals surface area contributed by atoms with Gasteiger partial charge in [0.1, 0.15) is 19.3 Å². The smallest absolute Gasteiger partial charge is 0.462 e. The highest BCUT2D eigenvalue weighted by Crippen LogP contribution is 2.45. The van der Waals surface area contributed by atoms with Crippen LogP contribution in [-0.2, 0) is 65.4 Å². The van der Waals surface area contributed by atoms with E-state index >= 15 is 0 Å². The van der Waals surface area contributed by atoms with Gasteiger partial charge in [-0.05, 0) is 25.7 Å². The molecule has 0 radical (unpaired) electrons. The summed E-state index contributed by atoms with van der Waals surface area (Å²) in [5.41, 5.74) is 0. The molecule has 2 unspecified atom stereocenters. The van der Waals surface area contributed by atoms with Crippen LogP contribution >= 0.6 is 15.6 Å². The molecular weight excluding hydrogens is 1080 g/mol. The third-order valence-electron chi connectivity index (χ3n) is 14.4. The molecule has 0 fully saturated rings. The molecule has 0 aromatic carbocycles. The fourth-order valence-corrected chi connectivity index (χ4v) is 10.9. The lowest BCUT2D eigenvalue weighted by atomic mass is 10.0. The third-order valence-corrected chi connectivity index (χ3v) is 16.3. The standard InChI is InChI=1S/C62H120O17P2/c1-5-9-13-17-20-23-24-25-26-27-28-29-30-31-32-33-34-37-41-45-49-62(67)79-58(53-73-60(65)47-43-39-35-21-18-14-10-6-2)55-77-81(70,71)75-51-56(63)50-74-80(68,69)76-54-57(52-72-59(64)46-42-38-16-12-8-4)78-61(66)48-44-40-36-22-19-15-11-7-3/h56-58,63H,5-55H2,1-4H3,(H,68,69)(H,70,71)/t56-,57+,58+/m0/s1. The minimum absolute atomic E-state index is 0.104. The molecule has 5 atom stereocenters. The number of hydrogen-bond acceptors (Lipinski definition) is 15. The number of phosphoric acid groups is 2. The molecule has 0 bridgehead atoms. The van der Waals surface area contributed by atoms with Crippen molar-refractivity contribution in [1.29, 1.82) is 0 Å². The van der Waals surface area contributed by atoms with Crippen LogP contribution in [0.5, 0.6) is 0 Å². The molecule has 19 heteroatoms. The predicted molar refractivity (Wildman–Crippen MR) is 322 cm³/mol. The van der Waals surface area contributed by atoms with Crippen LogP contribution in [0, 0.1) is 0 Å². The van der Waals surface area contributed by atoms with Gasteiger partial charge in [-0.15, -0.1) is 0 Å². The number of unbranched alkanes of at least 4 members (excludes halogenated alkanes) is 37. The monoisotopic (exact) mass is 1200 g/mol. The van der Waals surface area contributed by atoms with E-state index in [1.807, 2.05) is 0 Å². The average molecular weight is 1200 g/mol. The van der Waals surface area contributed by atoms with Crippen LogP contribution in [0.4, 0.5) is 0 Å². The lowest BCUT2D eigenvalue weighted by Crippen LogP contribution is -2.30. The molecule has 0 aromatic rings. The highest BCUT2D eigenvalue weighted by Gasteiger charge is 2.30. The van der Waals surface area contributed by atoms with Crippen molar-refractivity contribution in [3.8, 4) is 0 Å². The zero-order chi connectivity index (χ0) is 59.8. The number of ether oxygens (including phenoxy) is 4. The Bertz CT molecular complexity index is 1570. The Hall–Kier alpha value is -1.94. The Kier molecular flexibility index (Phi) is 55.8. The number of aliphatic hydroxyl groups is 1. The second-order valence-electron chi connectivity index (χ2n) is 22.4. The topological polar surface area (TPSA) is 237 Å². The van der Waals surface area contributed by atoms with Crippen molar-refractivity contribution >= 4 is 39.5 Å². The summed E-state index contributed by atoms with van der Waals surface area (Å²) < 4.78 is 67.6. The van der Waals surface area contributed by atoms with Crippen molar-refractivity contribution in [2.45, 2.75) is 335 Å². The van der Waals surface area contributed by atoms with Crippen molar-refractivity contribution in [3.05, 3.63) is 0 Å². The Morgan fingerprint density at radius 3 is 0.728 bits per heavy atom. The molecule has 0 aromatic heterocycles. The summed E-state index contributed by atoms with van der Waals surface area (Å²) in [5, 5.41) is 10.5. The van der Waals surface area contributed by atoms with Crippen molar-refractivity contribution in [2.75, 3.05) is 39.6 Å². The fourth-order valence-electron chi connectivity index (χ4n) is 9.28. The lowest BCUT2D eigenvalue weighted by molar-refractivity contribution is -0.161. The molecule has 0 amide bonds. The van der Waals surface area contributed by atoms with Crippen molar-refractivity contribution in [1.82, 2.24) is 0 Å². The van der Waals surface area contributed by atoms with Crippen LogP contribution in [0.2, 0.25) is 0 Å². The SMILES string of the molecule is CCCCCCCCCCCCCCCCCCCCCCC(=O)O[C@H](COC(=O)CCCCCCCCCC)COP(=O)(O)OC[C@@H](O)COP(=O)(O)OC[C@@H](COC(=O)CCCCCCC)OC(=O)CCCCCCCCCC. The summed E-state index contributed by atoms with van der Waals surface area (Å²) in [6.07, 6.45) is 42.4. The number of esters is 4. The van der Waals surface area contributed by atoms with Gasteiger partial charge < -0.3 is 33.8 Å². The molecule has 81 heavy (non-hydrogen) atoms. The summed E-state index contributed by atoms with van der Waals surface area (Å²) in [4.78, 5) is 71.7. The molecule has 0 heterocycles. The van der Waals surface area contributed by atoms with E-state index in [1.165, 1.54) is 128 Å². The first-order valence-electron chi connectivity index (χ1n) is 32.8. The van der Waals surface area contributed by atoms with Crippen LogP contribution in [0.1, 0.15) is 317 Å². The number of phosphoric ester groups is 2. The molecule has 17 nitrogen and oxygen atoms in total. The van der Waals surface area contributed by atoms with Crippen LogP contribution in [0.25, 0.3) is 0 Å². The number of carbonyl (C=O) groups is 4. The largest absolute Gasteiger partial charge is 0.472 e. The number of rotatable bonds is 63. The molecule has 0 aliphatic heterocycles. The van der Waals surface area contributed by atoms with Gasteiger partial charge in [-0.3, -0.25) is 37.3 Å². The molecule has 0 spiro atoms. The Morgan fingerprint density at radius 1 is 0.296 bits per heavy atom. The fraction of sp³-hybridized carbons (Fsp3) is 0.935. The average Bonchev–Trinajstić information content (AvgIpc) is 3.44. The van der Waals surface area contributed by atoms with Gasteiger partial charge in [0, 0.05) is 25.7 Å². The van der Waals surface area contributed by atoms with E-state index < -0.39 is 97.5 Å². The van der Waals surface area contributed by atoms with Gasteiger partial charge >= 0.3 is 39.5 Å². The van der Waals surface area contributed by atoms with Crippen LogP contribution in [-0.4, -0.2) is 96.7 Å². The van der Waals surface area contributed by atoms with E-state index in [-0.39, 0.29) is 25.7 Å². The second kappa shape index (κ2) is 57.2. The molecule has 0 aliphatic carbocycles. The summed E-state index contributed by atoms with van der Waals surface area (Å²) in [6, 6.07) is 0. The molecule has 0 rings (SSSR count). The number of hydrogen-bond donors (Lipinski definition) is 3. The van der Waals surface area contributed by atoms with Gasteiger partial charge in [0.2, 0.25) is 0 Å². The second-order valence-corrected chi connectivity index (χ2v) is 25.4. The lowest BCUT2D eigenvalue weighted by Gasteiger charge is -2.21. The quantitative estimate of drug-likeness (QED) is 0.0222. The Morgan fingerprint density at radius 2 is 0.494 bits per heavy atom.